The molecule has 0 fully saturated rings. The molecule has 3 aromatic rings. The summed E-state index contributed by atoms with van der Waals surface area (Å²) < 4.78 is 8.03. The molecular formula is C23H26BrN3O2. The SMILES string of the molecule is CCN(C(=O)c1cnn(-c2ccc(Br)cc2)c1C)C(C)Cc1ccc(OC)cc1. The van der Waals surface area contributed by atoms with Gasteiger partial charge in [0.05, 0.1) is 30.3 Å². The Morgan fingerprint density at radius 2 is 1.83 bits per heavy atom. The predicted molar refractivity (Wildman–Crippen MR) is 119 cm³/mol. The van der Waals surface area contributed by atoms with Crippen LogP contribution in [0.4, 0.5) is 0 Å². The lowest BCUT2D eigenvalue weighted by Crippen LogP contribution is -2.39. The van der Waals surface area contributed by atoms with Crippen molar-refractivity contribution in [2.75, 3.05) is 13.7 Å². The van der Waals surface area contributed by atoms with Crippen molar-refractivity contribution >= 4 is 21.8 Å². The fourth-order valence-electron chi connectivity index (χ4n) is 3.49. The second-order valence-corrected chi connectivity index (χ2v) is 7.94. The average Bonchev–Trinajstić information content (AvgIpc) is 3.11. The summed E-state index contributed by atoms with van der Waals surface area (Å²) >= 11 is 3.45. The number of methoxy groups -OCH3 is 1. The minimum absolute atomic E-state index is 0.00868. The first-order chi connectivity index (χ1) is 13.9. The number of nitrogens with zero attached hydrogens (tertiary/aromatic N) is 3. The molecule has 6 heteroatoms. The van der Waals surface area contributed by atoms with Gasteiger partial charge in [0.25, 0.3) is 5.91 Å². The van der Waals surface area contributed by atoms with Crippen LogP contribution < -0.4 is 4.74 Å². The number of aromatic nitrogens is 2. The molecule has 1 unspecified atom stereocenters. The van der Waals surface area contributed by atoms with Gasteiger partial charge < -0.3 is 9.64 Å². The van der Waals surface area contributed by atoms with E-state index < -0.39 is 0 Å². The Balaban J connectivity index is 1.78. The zero-order valence-electron chi connectivity index (χ0n) is 17.2. The molecular weight excluding hydrogens is 430 g/mol. The predicted octanol–water partition coefficient (Wildman–Crippen LogP) is 5.05. The number of halogens is 1. The summed E-state index contributed by atoms with van der Waals surface area (Å²) in [6, 6.07) is 15.9. The number of benzene rings is 2. The van der Waals surface area contributed by atoms with Crippen molar-refractivity contribution in [3.05, 3.63) is 76.0 Å². The fraction of sp³-hybridized carbons (Fsp3) is 0.304. The molecule has 0 saturated heterocycles. The number of hydrogen-bond donors (Lipinski definition) is 0. The maximum atomic E-state index is 13.3. The van der Waals surface area contributed by atoms with Gasteiger partial charge in [-0.3, -0.25) is 4.79 Å². The molecule has 5 nitrogen and oxygen atoms in total. The highest BCUT2D eigenvalue weighted by Gasteiger charge is 2.24. The normalized spacial score (nSPS) is 11.9. The van der Waals surface area contributed by atoms with Gasteiger partial charge in [0, 0.05) is 17.1 Å². The molecule has 0 radical (unpaired) electrons. The van der Waals surface area contributed by atoms with E-state index in [1.165, 1.54) is 5.56 Å². The first kappa shape index (κ1) is 21.1. The van der Waals surface area contributed by atoms with Gasteiger partial charge in [-0.2, -0.15) is 5.10 Å². The quantitative estimate of drug-likeness (QED) is 0.500. The molecule has 0 aliphatic carbocycles. The highest BCUT2D eigenvalue weighted by Crippen LogP contribution is 2.20. The summed E-state index contributed by atoms with van der Waals surface area (Å²) in [6.07, 6.45) is 2.45. The van der Waals surface area contributed by atoms with Crippen molar-refractivity contribution in [3.63, 3.8) is 0 Å². The van der Waals surface area contributed by atoms with Crippen molar-refractivity contribution in [1.29, 1.82) is 0 Å². The first-order valence-electron chi connectivity index (χ1n) is 9.69. The van der Waals surface area contributed by atoms with Crippen LogP contribution in [-0.2, 0) is 6.42 Å². The van der Waals surface area contributed by atoms with Crippen LogP contribution in [0.1, 0.15) is 35.5 Å². The van der Waals surface area contributed by atoms with Crippen LogP contribution in [0.25, 0.3) is 5.69 Å². The van der Waals surface area contributed by atoms with Crippen molar-refractivity contribution in [1.82, 2.24) is 14.7 Å². The van der Waals surface area contributed by atoms with Crippen molar-refractivity contribution in [3.8, 4) is 11.4 Å². The van der Waals surface area contributed by atoms with E-state index in [9.17, 15) is 4.79 Å². The van der Waals surface area contributed by atoms with Crippen LogP contribution in [0.3, 0.4) is 0 Å². The summed E-state index contributed by atoms with van der Waals surface area (Å²) in [4.78, 5) is 15.2. The summed E-state index contributed by atoms with van der Waals surface area (Å²) in [5.41, 5.74) is 3.58. The van der Waals surface area contributed by atoms with Crippen LogP contribution in [-0.4, -0.2) is 40.3 Å². The standard InChI is InChI=1S/C23H26BrN3O2/c1-5-26(16(2)14-18-6-12-21(29-4)13-7-18)23(28)22-15-25-27(17(22)3)20-10-8-19(24)9-11-20/h6-13,15-16H,5,14H2,1-4H3. The molecule has 152 valence electrons. The van der Waals surface area contributed by atoms with Gasteiger partial charge in [0.15, 0.2) is 0 Å². The van der Waals surface area contributed by atoms with E-state index >= 15 is 0 Å². The summed E-state index contributed by atoms with van der Waals surface area (Å²) in [5.74, 6) is 0.843. The molecule has 0 N–H and O–H groups in total. The second kappa shape index (κ2) is 9.27. The van der Waals surface area contributed by atoms with Crippen LogP contribution in [0.2, 0.25) is 0 Å². The molecule has 0 aliphatic rings. The smallest absolute Gasteiger partial charge is 0.257 e. The number of rotatable bonds is 7. The maximum Gasteiger partial charge on any atom is 0.257 e. The maximum absolute atomic E-state index is 13.3. The molecule has 1 heterocycles. The Bertz CT molecular complexity index is 965. The Hall–Kier alpha value is -2.60. The largest absolute Gasteiger partial charge is 0.497 e. The molecule has 0 spiro atoms. The fourth-order valence-corrected chi connectivity index (χ4v) is 3.75. The molecule has 1 atom stereocenters. The average molecular weight is 456 g/mol. The molecule has 0 bridgehead atoms. The number of ether oxygens (including phenoxy) is 1. The van der Waals surface area contributed by atoms with Crippen LogP contribution in [0, 0.1) is 6.92 Å². The van der Waals surface area contributed by atoms with E-state index in [1.807, 2.05) is 72.0 Å². The highest BCUT2D eigenvalue weighted by molar-refractivity contribution is 9.10. The van der Waals surface area contributed by atoms with Gasteiger partial charge >= 0.3 is 0 Å². The minimum atomic E-state index is 0.00868. The number of amides is 1. The topological polar surface area (TPSA) is 47.4 Å². The lowest BCUT2D eigenvalue weighted by atomic mass is 10.0. The second-order valence-electron chi connectivity index (χ2n) is 7.02. The lowest BCUT2D eigenvalue weighted by Gasteiger charge is -2.28. The number of carbonyl (C=O) groups is 1. The van der Waals surface area contributed by atoms with Crippen molar-refractivity contribution in [2.24, 2.45) is 0 Å². The van der Waals surface area contributed by atoms with Gasteiger partial charge in [-0.05, 0) is 69.2 Å². The zero-order valence-corrected chi connectivity index (χ0v) is 18.8. The summed E-state index contributed by atoms with van der Waals surface area (Å²) in [5, 5.41) is 4.46. The molecule has 2 aromatic carbocycles. The Morgan fingerprint density at radius 3 is 2.41 bits per heavy atom. The van der Waals surface area contributed by atoms with Crippen LogP contribution >= 0.6 is 15.9 Å². The van der Waals surface area contributed by atoms with Gasteiger partial charge in [-0.25, -0.2) is 4.68 Å². The summed E-state index contributed by atoms with van der Waals surface area (Å²) in [6.45, 7) is 6.67. The molecule has 1 amide bonds. The Morgan fingerprint density at radius 1 is 1.17 bits per heavy atom. The third-order valence-corrected chi connectivity index (χ3v) is 5.66. The van der Waals surface area contributed by atoms with Gasteiger partial charge in [0.1, 0.15) is 5.75 Å². The van der Waals surface area contributed by atoms with E-state index in [4.69, 9.17) is 4.74 Å². The third-order valence-electron chi connectivity index (χ3n) is 5.14. The molecule has 3 rings (SSSR count). The number of hydrogen-bond acceptors (Lipinski definition) is 3. The highest BCUT2D eigenvalue weighted by atomic mass is 79.9. The van der Waals surface area contributed by atoms with Crippen LogP contribution in [0.15, 0.2) is 59.2 Å². The van der Waals surface area contributed by atoms with E-state index in [-0.39, 0.29) is 11.9 Å². The first-order valence-corrected chi connectivity index (χ1v) is 10.5. The molecule has 29 heavy (non-hydrogen) atoms. The van der Waals surface area contributed by atoms with E-state index in [0.717, 1.165) is 28.0 Å². The Kier molecular flexibility index (Phi) is 6.75. The number of likely N-dealkylation sites (N-methyl/N-ethyl adjacent to an activating group) is 1. The number of carbonyl (C=O) groups excluding carboxylic acids is 1. The summed E-state index contributed by atoms with van der Waals surface area (Å²) in [7, 11) is 1.66. The van der Waals surface area contributed by atoms with Crippen molar-refractivity contribution in [2.45, 2.75) is 33.2 Å². The Labute approximate surface area is 180 Å². The molecule has 1 aromatic heterocycles. The van der Waals surface area contributed by atoms with Crippen LogP contribution in [0.5, 0.6) is 5.75 Å². The zero-order chi connectivity index (χ0) is 21.0. The van der Waals surface area contributed by atoms with Crippen molar-refractivity contribution < 1.29 is 9.53 Å². The monoisotopic (exact) mass is 455 g/mol. The molecule has 0 aliphatic heterocycles. The van der Waals surface area contributed by atoms with Gasteiger partial charge in [-0.15, -0.1) is 0 Å². The van der Waals surface area contributed by atoms with Gasteiger partial charge in [0.2, 0.25) is 0 Å². The van der Waals surface area contributed by atoms with Gasteiger partial charge in [-0.1, -0.05) is 28.1 Å². The van der Waals surface area contributed by atoms with E-state index in [1.54, 1.807) is 13.3 Å². The van der Waals surface area contributed by atoms with E-state index in [2.05, 4.69) is 28.0 Å². The third kappa shape index (κ3) is 4.70. The lowest BCUT2D eigenvalue weighted by molar-refractivity contribution is 0.0702. The molecule has 0 saturated carbocycles. The van der Waals surface area contributed by atoms with E-state index in [0.29, 0.717) is 12.1 Å². The minimum Gasteiger partial charge on any atom is -0.497 e.